The van der Waals surface area contributed by atoms with E-state index in [9.17, 15) is 23.4 Å². The van der Waals surface area contributed by atoms with Crippen molar-refractivity contribution in [2.45, 2.75) is 35.9 Å². The molecule has 39 heavy (non-hydrogen) atoms. The van der Waals surface area contributed by atoms with E-state index < -0.39 is 40.5 Å². The molecule has 13 nitrogen and oxygen atoms in total. The number of nitrogens with one attached hydrogen (secondary N) is 1. The summed E-state index contributed by atoms with van der Waals surface area (Å²) in [5.41, 5.74) is 7.53. The minimum atomic E-state index is -3.77. The summed E-state index contributed by atoms with van der Waals surface area (Å²) < 4.78 is 40.1. The Labute approximate surface area is 223 Å². The average molecular weight is 555 g/mol. The number of benzene rings is 2. The fourth-order valence-electron chi connectivity index (χ4n) is 4.22. The second kappa shape index (κ2) is 11.0. The van der Waals surface area contributed by atoms with Crippen LogP contribution in [0.15, 0.2) is 72.1 Å². The number of ether oxygens (including phenoxy) is 2. The van der Waals surface area contributed by atoms with E-state index in [4.69, 9.17) is 15.2 Å². The van der Waals surface area contributed by atoms with E-state index in [-0.39, 0.29) is 29.4 Å². The molecular formula is C25H26N6O7S. The number of esters is 1. The number of hydrogen-bond donors (Lipinski definition) is 4. The molecule has 4 aromatic rings. The second-order valence-corrected chi connectivity index (χ2v) is 10.7. The highest BCUT2D eigenvalue weighted by Crippen LogP contribution is 2.32. The van der Waals surface area contributed by atoms with Crippen molar-refractivity contribution in [3.8, 4) is 0 Å². The van der Waals surface area contributed by atoms with Crippen LogP contribution < -0.4 is 10.5 Å². The molecule has 3 heterocycles. The molecule has 0 aliphatic carbocycles. The summed E-state index contributed by atoms with van der Waals surface area (Å²) in [6.07, 6.45) is -1.69. The maximum atomic E-state index is 12.6. The van der Waals surface area contributed by atoms with Gasteiger partial charge in [0.25, 0.3) is 0 Å². The van der Waals surface area contributed by atoms with E-state index in [2.05, 4.69) is 19.7 Å². The summed E-state index contributed by atoms with van der Waals surface area (Å²) >= 11 is 0. The largest absolute Gasteiger partial charge is 0.459 e. The Kier molecular flexibility index (Phi) is 7.54. The third-order valence-electron chi connectivity index (χ3n) is 6.33. The first-order chi connectivity index (χ1) is 18.7. The first kappa shape index (κ1) is 26.6. The third-order valence-corrected chi connectivity index (χ3v) is 7.80. The molecule has 0 radical (unpaired) electrons. The van der Waals surface area contributed by atoms with Gasteiger partial charge in [-0.05, 0) is 36.2 Å². The Morgan fingerprint density at radius 1 is 1.05 bits per heavy atom. The number of imidazole rings is 1. The lowest BCUT2D eigenvalue weighted by Gasteiger charge is -2.16. The number of aromatic nitrogens is 4. The van der Waals surface area contributed by atoms with Gasteiger partial charge < -0.3 is 25.4 Å². The number of nitrogens with zero attached hydrogens (tertiary/aromatic N) is 4. The molecule has 204 valence electrons. The van der Waals surface area contributed by atoms with Crippen molar-refractivity contribution >= 4 is 33.0 Å². The maximum absolute atomic E-state index is 12.6. The molecule has 2 aromatic heterocycles. The number of rotatable bonds is 9. The Hall–Kier alpha value is -3.95. The highest BCUT2D eigenvalue weighted by Gasteiger charge is 2.45. The number of hydrogen-bond acceptors (Lipinski definition) is 11. The number of aliphatic hydroxyl groups excluding tert-OH is 2. The van der Waals surface area contributed by atoms with Gasteiger partial charge in [-0.15, -0.1) is 0 Å². The van der Waals surface area contributed by atoms with E-state index in [1.54, 1.807) is 0 Å². The number of nitrogens with two attached hydrogens (primary N) is 1. The van der Waals surface area contributed by atoms with Gasteiger partial charge in [-0.1, -0.05) is 30.3 Å². The fraction of sp³-hybridized carbons (Fsp3) is 0.280. The van der Waals surface area contributed by atoms with Crippen molar-refractivity contribution in [3.63, 3.8) is 0 Å². The molecule has 1 saturated heterocycles. The van der Waals surface area contributed by atoms with E-state index >= 15 is 0 Å². The van der Waals surface area contributed by atoms with Crippen molar-refractivity contribution in [2.75, 3.05) is 18.9 Å². The Bertz CT molecular complexity index is 1560. The molecule has 0 amide bonds. The van der Waals surface area contributed by atoms with Crippen LogP contribution >= 0.6 is 0 Å². The van der Waals surface area contributed by atoms with Crippen LogP contribution in [0, 0.1) is 0 Å². The monoisotopic (exact) mass is 554 g/mol. The molecule has 1 aliphatic heterocycles. The predicted octanol–water partition coefficient (Wildman–Crippen LogP) is 0.406. The maximum Gasteiger partial charge on any atom is 0.338 e. The van der Waals surface area contributed by atoms with Gasteiger partial charge in [0.2, 0.25) is 10.0 Å². The van der Waals surface area contributed by atoms with Gasteiger partial charge >= 0.3 is 5.97 Å². The van der Waals surface area contributed by atoms with Crippen molar-refractivity contribution in [2.24, 2.45) is 0 Å². The predicted molar refractivity (Wildman–Crippen MR) is 138 cm³/mol. The molecule has 14 heteroatoms. The number of carbonyl (C=O) groups is 1. The minimum absolute atomic E-state index is 0.00429. The molecule has 0 unspecified atom stereocenters. The number of aliphatic hydroxyl groups is 2. The van der Waals surface area contributed by atoms with Crippen LogP contribution in [0.4, 0.5) is 5.82 Å². The van der Waals surface area contributed by atoms with Gasteiger partial charge in [0.15, 0.2) is 17.7 Å². The number of nitrogen functional groups attached to an aromatic ring is 1. The first-order valence-corrected chi connectivity index (χ1v) is 13.5. The van der Waals surface area contributed by atoms with Crippen LogP contribution in [0.1, 0.15) is 22.1 Å². The smallest absolute Gasteiger partial charge is 0.338 e. The normalized spacial score (nSPS) is 21.3. The zero-order valence-electron chi connectivity index (χ0n) is 20.5. The van der Waals surface area contributed by atoms with E-state index in [0.29, 0.717) is 17.6 Å². The molecular weight excluding hydrogens is 528 g/mol. The van der Waals surface area contributed by atoms with Crippen molar-refractivity contribution in [1.29, 1.82) is 0 Å². The van der Waals surface area contributed by atoms with Gasteiger partial charge in [-0.2, -0.15) is 0 Å². The highest BCUT2D eigenvalue weighted by atomic mass is 32.2. The van der Waals surface area contributed by atoms with Crippen LogP contribution in [0.2, 0.25) is 0 Å². The molecule has 0 saturated carbocycles. The average Bonchev–Trinajstić information content (AvgIpc) is 3.49. The topological polar surface area (TPSA) is 192 Å². The van der Waals surface area contributed by atoms with Gasteiger partial charge in [-0.3, -0.25) is 4.57 Å². The summed E-state index contributed by atoms with van der Waals surface area (Å²) in [5.74, 6) is -0.600. The third kappa shape index (κ3) is 5.60. The fourth-order valence-corrected chi connectivity index (χ4v) is 5.25. The van der Waals surface area contributed by atoms with Crippen LogP contribution in [0.25, 0.3) is 11.2 Å². The molecule has 2 aromatic carbocycles. The van der Waals surface area contributed by atoms with Gasteiger partial charge in [0.05, 0.1) is 16.8 Å². The van der Waals surface area contributed by atoms with Crippen molar-refractivity contribution < 1.29 is 32.9 Å². The summed E-state index contributed by atoms with van der Waals surface area (Å²) in [6, 6.07) is 14.8. The van der Waals surface area contributed by atoms with E-state index in [0.717, 1.165) is 5.56 Å². The highest BCUT2D eigenvalue weighted by molar-refractivity contribution is 7.89. The second-order valence-electron chi connectivity index (χ2n) is 8.89. The summed E-state index contributed by atoms with van der Waals surface area (Å²) in [6.45, 7) is -0.139. The zero-order chi connectivity index (χ0) is 27.6. The lowest BCUT2D eigenvalue weighted by molar-refractivity contribution is -0.0565. The van der Waals surface area contributed by atoms with Gasteiger partial charge in [-0.25, -0.2) is 32.9 Å². The number of carbonyl (C=O) groups excluding carboxylic acids is 1. The molecule has 5 N–H and O–H groups in total. The minimum Gasteiger partial charge on any atom is -0.459 e. The molecule has 5 rings (SSSR count). The number of fused-ring (bicyclic) bond motifs is 1. The summed E-state index contributed by atoms with van der Waals surface area (Å²) in [4.78, 5) is 24.7. The zero-order valence-corrected chi connectivity index (χ0v) is 21.3. The first-order valence-electron chi connectivity index (χ1n) is 12.0. The van der Waals surface area contributed by atoms with Gasteiger partial charge in [0.1, 0.15) is 36.8 Å². The van der Waals surface area contributed by atoms with E-state index in [1.165, 1.54) is 41.5 Å². The van der Waals surface area contributed by atoms with Crippen LogP contribution in [-0.4, -0.2) is 75.6 Å². The molecule has 0 bridgehead atoms. The Balaban J connectivity index is 1.17. The molecule has 1 aliphatic rings. The number of anilines is 1. The van der Waals surface area contributed by atoms with Crippen molar-refractivity contribution in [3.05, 3.63) is 78.4 Å². The SMILES string of the molecule is Nc1ncnc2c1ncn2[C@@H]1O[C@H](COC(=O)c2ccc(S(=O)(=O)NCCc3ccccc3)cc2)[C@@H](O)[C@H]1O. The van der Waals surface area contributed by atoms with E-state index in [1.807, 2.05) is 30.3 Å². The molecule has 4 atom stereocenters. The Morgan fingerprint density at radius 3 is 2.54 bits per heavy atom. The van der Waals surface area contributed by atoms with Crippen LogP contribution in [-0.2, 0) is 25.9 Å². The lowest BCUT2D eigenvalue weighted by atomic mass is 10.1. The standard InChI is InChI=1S/C25H26N6O7S/c26-22-19-23(28-13-27-22)31(14-29-19)24-21(33)20(32)18(38-24)12-37-25(34)16-6-8-17(9-7-16)39(35,36)30-11-10-15-4-2-1-3-5-15/h1-9,13-14,18,20-21,24,30,32-33H,10-12H2,(H2,26,27,28)/t18-,20-,21-,24-/m1/s1. The van der Waals surface area contributed by atoms with Crippen molar-refractivity contribution in [1.82, 2.24) is 24.2 Å². The lowest BCUT2D eigenvalue weighted by Crippen LogP contribution is -2.34. The van der Waals surface area contributed by atoms with Crippen LogP contribution in [0.5, 0.6) is 0 Å². The quantitative estimate of drug-likeness (QED) is 0.209. The summed E-state index contributed by atoms with van der Waals surface area (Å²) in [5, 5.41) is 21.0. The summed E-state index contributed by atoms with van der Waals surface area (Å²) in [7, 11) is -3.77. The van der Waals surface area contributed by atoms with Gasteiger partial charge in [0, 0.05) is 6.54 Å². The molecule has 0 spiro atoms. The Morgan fingerprint density at radius 2 is 1.79 bits per heavy atom. The number of sulfonamides is 1. The van der Waals surface area contributed by atoms with Crippen LogP contribution in [0.3, 0.4) is 0 Å². The molecule has 1 fully saturated rings.